The fraction of sp³-hybridized carbons (Fsp3) is 0.500. The van der Waals surface area contributed by atoms with Gasteiger partial charge in [-0.1, -0.05) is 18.2 Å². The van der Waals surface area contributed by atoms with Gasteiger partial charge in [0.2, 0.25) is 0 Å². The van der Waals surface area contributed by atoms with Gasteiger partial charge in [-0.3, -0.25) is 0 Å². The quantitative estimate of drug-likeness (QED) is 0.102. The third-order valence-corrected chi connectivity index (χ3v) is 2.23. The molecule has 0 aromatic rings. The number of hydrogen-bond acceptors (Lipinski definition) is 8. The Morgan fingerprint density at radius 2 is 1.71 bits per heavy atom. The molecule has 0 saturated carbocycles. The molecule has 8 nitrogen and oxygen atoms in total. The van der Waals surface area contributed by atoms with Crippen molar-refractivity contribution < 1.29 is 92.7 Å². The molecule has 0 aliphatic rings. The Morgan fingerprint density at radius 1 is 1.14 bits per heavy atom. The minimum absolute atomic E-state index is 0. The molecule has 21 heavy (non-hydrogen) atoms. The molecule has 4 atom stereocenters. The van der Waals surface area contributed by atoms with Crippen molar-refractivity contribution in [2.75, 3.05) is 6.61 Å². The Morgan fingerprint density at radius 3 is 2.19 bits per heavy atom. The monoisotopic (exact) mass is 330 g/mol. The summed E-state index contributed by atoms with van der Waals surface area (Å²) in [5.74, 6) is -2.56. The second-order valence-corrected chi connectivity index (χ2v) is 3.80. The van der Waals surface area contributed by atoms with Crippen LogP contribution in [0, 0.1) is 0 Å². The van der Waals surface area contributed by atoms with E-state index < -0.39 is 43.0 Å². The second kappa shape index (κ2) is 12.6. The van der Waals surface area contributed by atoms with Crippen molar-refractivity contribution in [3.05, 3.63) is 24.3 Å². The molecule has 0 saturated heterocycles. The number of carbonyl (C=O) groups excluding carboxylic acids is 2. The molecule has 0 aromatic carbocycles. The average molecular weight is 330 g/mol. The normalized spacial score (nSPS) is 17.0. The number of aliphatic hydroxyl groups excluding tert-OH is 5. The van der Waals surface area contributed by atoms with Crippen LogP contribution in [0.5, 0.6) is 0 Å². The van der Waals surface area contributed by atoms with E-state index in [4.69, 9.17) is 10.2 Å². The molecule has 0 bridgehead atoms. The van der Waals surface area contributed by atoms with Gasteiger partial charge in [0.05, 0.1) is 6.61 Å². The van der Waals surface area contributed by atoms with Crippen LogP contribution in [0.2, 0.25) is 0 Å². The number of aliphatic hydroxyl groups is 5. The summed E-state index contributed by atoms with van der Waals surface area (Å²) >= 11 is 0. The van der Waals surface area contributed by atoms with E-state index in [0.717, 1.165) is 6.08 Å². The van der Waals surface area contributed by atoms with Gasteiger partial charge in [0.1, 0.15) is 18.3 Å². The van der Waals surface area contributed by atoms with Crippen LogP contribution in [0.25, 0.3) is 0 Å². The third-order valence-electron chi connectivity index (χ3n) is 2.23. The molecule has 0 heterocycles. The molecule has 0 rings (SSSR count). The number of carbonyl (C=O) groups is 2. The number of allylic oxidation sites excluding steroid dienone is 3. The van der Waals surface area contributed by atoms with Crippen molar-refractivity contribution in [2.24, 2.45) is 0 Å². The summed E-state index contributed by atoms with van der Waals surface area (Å²) in [6, 6.07) is 0. The molecule has 0 aromatic heterocycles. The molecule has 116 valence electrons. The Balaban J connectivity index is -0.00000180. The zero-order valence-corrected chi connectivity index (χ0v) is 14.9. The maximum absolute atomic E-state index is 11.3. The van der Waals surface area contributed by atoms with Crippen LogP contribution in [0.3, 0.4) is 0 Å². The van der Waals surface area contributed by atoms with E-state index in [1.165, 1.54) is 12.2 Å². The number of hydrogen-bond donors (Lipinski definition) is 5. The van der Waals surface area contributed by atoms with Gasteiger partial charge >= 0.3 is 63.3 Å². The Labute approximate surface area is 165 Å². The van der Waals surface area contributed by atoms with E-state index in [0.29, 0.717) is 0 Å². The van der Waals surface area contributed by atoms with Gasteiger partial charge in [0.15, 0.2) is 6.10 Å². The van der Waals surface area contributed by atoms with Crippen molar-refractivity contribution in [1.29, 1.82) is 0 Å². The largest absolute Gasteiger partial charge is 1.00 e. The summed E-state index contributed by atoms with van der Waals surface area (Å²) < 4.78 is 4.18. The van der Waals surface area contributed by atoms with Crippen LogP contribution >= 0.6 is 0 Å². The summed E-state index contributed by atoms with van der Waals surface area (Å²) in [5.41, 5.74) is 0. The summed E-state index contributed by atoms with van der Waals surface area (Å²) in [6.07, 6.45) is -2.76. The van der Waals surface area contributed by atoms with Gasteiger partial charge in [0.25, 0.3) is 0 Å². The van der Waals surface area contributed by atoms with E-state index in [1.807, 2.05) is 0 Å². The summed E-state index contributed by atoms with van der Waals surface area (Å²) in [7, 11) is 0. The fourth-order valence-corrected chi connectivity index (χ4v) is 1.10. The van der Waals surface area contributed by atoms with Crippen LogP contribution in [-0.2, 0) is 14.3 Å². The second-order valence-electron chi connectivity index (χ2n) is 3.80. The zero-order valence-electron chi connectivity index (χ0n) is 12.8. The average Bonchev–Trinajstić information content (AvgIpc) is 2.44. The molecule has 0 amide bonds. The van der Waals surface area contributed by atoms with Gasteiger partial charge in [0, 0.05) is 6.08 Å². The van der Waals surface area contributed by atoms with Crippen LogP contribution < -0.4 is 51.4 Å². The molecular formula is C12H19KO8. The first-order valence-electron chi connectivity index (χ1n) is 5.73. The van der Waals surface area contributed by atoms with Crippen LogP contribution in [0.15, 0.2) is 24.3 Å². The number of ether oxygens (including phenoxy) is 1. The van der Waals surface area contributed by atoms with Gasteiger partial charge in [-0.2, -0.15) is 0 Å². The minimum atomic E-state index is -2.25. The molecular weight excluding hydrogens is 311 g/mol. The molecule has 9 heteroatoms. The van der Waals surface area contributed by atoms with Crippen LogP contribution in [-0.4, -0.2) is 68.5 Å². The van der Waals surface area contributed by atoms with E-state index in [2.05, 4.69) is 4.74 Å². The SMILES string of the molecule is C/C=C/C=C/C(=O)OC(=O)[C@H](O)[C@@H](O)[C@H](O)[C@H](O)CO.[H-].[K+]. The molecule has 0 unspecified atom stereocenters. The van der Waals surface area contributed by atoms with Gasteiger partial charge < -0.3 is 31.7 Å². The predicted octanol–water partition coefficient (Wildman–Crippen LogP) is -5.26. The van der Waals surface area contributed by atoms with Gasteiger partial charge in [-0.15, -0.1) is 0 Å². The minimum Gasteiger partial charge on any atom is -1.00 e. The smallest absolute Gasteiger partial charge is 1.00 e. The van der Waals surface area contributed by atoms with Crippen LogP contribution in [0.1, 0.15) is 8.35 Å². The van der Waals surface area contributed by atoms with Crippen molar-refractivity contribution in [3.63, 3.8) is 0 Å². The number of esters is 2. The zero-order chi connectivity index (χ0) is 15.7. The Bertz CT molecular complexity index is 387. The predicted molar refractivity (Wildman–Crippen MR) is 67.3 cm³/mol. The first-order chi connectivity index (χ1) is 9.34. The molecule has 0 radical (unpaired) electrons. The van der Waals surface area contributed by atoms with Gasteiger partial charge in [-0.05, 0) is 6.92 Å². The van der Waals surface area contributed by atoms with E-state index in [1.54, 1.807) is 13.0 Å². The van der Waals surface area contributed by atoms with E-state index in [9.17, 15) is 24.9 Å². The summed E-state index contributed by atoms with van der Waals surface area (Å²) in [6.45, 7) is 0.819. The van der Waals surface area contributed by atoms with Gasteiger partial charge in [-0.25, -0.2) is 9.59 Å². The van der Waals surface area contributed by atoms with Crippen molar-refractivity contribution in [1.82, 2.24) is 0 Å². The van der Waals surface area contributed by atoms with E-state index in [-0.39, 0.29) is 52.8 Å². The fourth-order valence-electron chi connectivity index (χ4n) is 1.10. The maximum Gasteiger partial charge on any atom is 1.00 e. The number of rotatable bonds is 7. The Hall–Kier alpha value is 0.0564. The molecule has 0 aliphatic heterocycles. The van der Waals surface area contributed by atoms with E-state index >= 15 is 0 Å². The van der Waals surface area contributed by atoms with Crippen LogP contribution in [0.4, 0.5) is 0 Å². The standard InChI is InChI=1S/C12H18O8.K.H/c1-2-3-4-5-8(15)20-12(19)11(18)10(17)9(16)7(14)6-13;;/h2-5,7,9-11,13-14,16-18H,6H2,1H3;;/q;+1;-1/b3-2+,5-4+;;/t7-,9-,10+,11-;;/m1../s1. The molecule has 0 spiro atoms. The summed E-state index contributed by atoms with van der Waals surface area (Å²) in [5, 5.41) is 45.6. The molecule has 0 fully saturated rings. The first kappa shape index (κ1) is 23.3. The first-order valence-corrected chi connectivity index (χ1v) is 5.73. The molecule has 0 aliphatic carbocycles. The topological polar surface area (TPSA) is 145 Å². The Kier molecular flexibility index (Phi) is 14.0. The maximum atomic E-state index is 11.3. The van der Waals surface area contributed by atoms with Crippen molar-refractivity contribution >= 4 is 11.9 Å². The summed E-state index contributed by atoms with van der Waals surface area (Å²) in [4.78, 5) is 22.4. The third kappa shape index (κ3) is 8.93. The molecule has 5 N–H and O–H groups in total. The van der Waals surface area contributed by atoms with Crippen molar-refractivity contribution in [3.8, 4) is 0 Å². The van der Waals surface area contributed by atoms with Crippen molar-refractivity contribution in [2.45, 2.75) is 31.3 Å².